The second-order valence-corrected chi connectivity index (χ2v) is 22.0. The van der Waals surface area contributed by atoms with Crippen molar-refractivity contribution in [2.75, 3.05) is 7.11 Å². The van der Waals surface area contributed by atoms with Gasteiger partial charge in [0.1, 0.15) is 11.7 Å². The fourth-order valence-corrected chi connectivity index (χ4v) is 12.6. The van der Waals surface area contributed by atoms with Gasteiger partial charge in [-0.1, -0.05) is 48.5 Å². The second kappa shape index (κ2) is 18.6. The lowest BCUT2D eigenvalue weighted by Crippen LogP contribution is -2.63. The third-order valence-corrected chi connectivity index (χ3v) is 17.2. The van der Waals surface area contributed by atoms with E-state index in [4.69, 9.17) is 33.2 Å². The van der Waals surface area contributed by atoms with Gasteiger partial charge in [-0.2, -0.15) is 0 Å². The lowest BCUT2D eigenvalue weighted by Gasteiger charge is -2.52. The zero-order valence-corrected chi connectivity index (χ0v) is 39.9. The number of aliphatic carboxylic acids is 1. The molecule has 6 aliphatic rings. The molecule has 14 heteroatoms. The van der Waals surface area contributed by atoms with Crippen molar-refractivity contribution in [1.82, 2.24) is 0 Å². The van der Waals surface area contributed by atoms with Crippen molar-refractivity contribution in [2.45, 2.75) is 249 Å². The zero-order chi connectivity index (χ0) is 46.0. The number of carboxylic acids is 1. The number of ether oxygens (including phenoxy) is 7. The van der Waals surface area contributed by atoms with Crippen LogP contribution in [0.1, 0.15) is 160 Å². The van der Waals surface area contributed by atoms with Crippen LogP contribution in [-0.4, -0.2) is 133 Å². The van der Waals surface area contributed by atoms with Gasteiger partial charge < -0.3 is 63.8 Å². The largest absolute Gasteiger partial charge is 0.481 e. The molecule has 6 saturated heterocycles. The Hall–Kier alpha value is -1.01. The quantitative estimate of drug-likeness (QED) is 0.117. The molecule has 0 aromatic rings. The number of carboxylic acid groups (broad SMARTS) is 1. The number of hydrogen-bond donors (Lipinski definition) is 6. The first-order valence-electron chi connectivity index (χ1n) is 24.1. The number of aliphatic hydroxyl groups excluding tert-OH is 1. The van der Waals surface area contributed by atoms with Gasteiger partial charge in [-0.05, 0) is 117 Å². The number of methoxy groups -OCH3 is 1. The Morgan fingerprint density at radius 2 is 1.50 bits per heavy atom. The van der Waals surface area contributed by atoms with Crippen LogP contribution >= 0.6 is 0 Å². The Labute approximate surface area is 371 Å². The number of aliphatic hydroxyl groups is 5. The van der Waals surface area contributed by atoms with Crippen LogP contribution in [0.15, 0.2) is 0 Å². The summed E-state index contributed by atoms with van der Waals surface area (Å²) in [6.07, 6.45) is 2.43. The average Bonchev–Trinajstić information content (AvgIpc) is 3.72. The Balaban J connectivity index is 1.11. The molecule has 6 N–H and O–H groups in total. The lowest BCUT2D eigenvalue weighted by molar-refractivity contribution is -0.375. The number of rotatable bonds is 14. The first kappa shape index (κ1) is 50.4. The van der Waals surface area contributed by atoms with Crippen molar-refractivity contribution in [3.8, 4) is 0 Å². The van der Waals surface area contributed by atoms with Crippen LogP contribution in [0.3, 0.4) is 0 Å². The van der Waals surface area contributed by atoms with Crippen LogP contribution in [0.4, 0.5) is 0 Å². The van der Waals surface area contributed by atoms with E-state index in [0.717, 1.165) is 12.8 Å². The van der Waals surface area contributed by atoms with E-state index in [2.05, 4.69) is 6.92 Å². The summed E-state index contributed by atoms with van der Waals surface area (Å²) >= 11 is 0. The van der Waals surface area contributed by atoms with Crippen LogP contribution in [0.25, 0.3) is 0 Å². The highest BCUT2D eigenvalue weighted by Crippen LogP contribution is 2.56. The minimum Gasteiger partial charge on any atom is -0.481 e. The van der Waals surface area contributed by atoms with Gasteiger partial charge in [0, 0.05) is 37.2 Å². The molecule has 6 aliphatic heterocycles. The average molecular weight is 885 g/mol. The molecule has 6 rings (SSSR count). The van der Waals surface area contributed by atoms with E-state index >= 15 is 0 Å². The minimum atomic E-state index is -1.80. The summed E-state index contributed by atoms with van der Waals surface area (Å²) in [4.78, 5) is 11.7. The molecule has 0 aliphatic carbocycles. The van der Waals surface area contributed by atoms with Gasteiger partial charge >= 0.3 is 5.97 Å². The molecule has 62 heavy (non-hydrogen) atoms. The second-order valence-electron chi connectivity index (χ2n) is 22.0. The van der Waals surface area contributed by atoms with Crippen molar-refractivity contribution >= 4 is 5.97 Å². The van der Waals surface area contributed by atoms with Gasteiger partial charge in [-0.15, -0.1) is 0 Å². The van der Waals surface area contributed by atoms with E-state index in [0.29, 0.717) is 64.2 Å². The summed E-state index contributed by atoms with van der Waals surface area (Å²) < 4.78 is 45.7. The SMILES string of the molecule is CC[C@@H]1O[C@@H]([C@]2(C)C[C@@H](C)[C@](O)([C@]3(C)CC[C@@H]([C@@H](OC)[C@]4(O)O[C@H](C[C@@]5(O)O[C@@H]([C@@H](C)[C@H](O)C[C@H]6CC[C@H](C)[C@@H]([C@@H](C)C(=O)O)O6)CC[C@@H]5C)[C@@H](C)C[C@H]4C)O3)O2)CC[C@@]1(C)O. The molecular weight excluding hydrogens is 801 g/mol. The predicted molar refractivity (Wildman–Crippen MR) is 230 cm³/mol. The van der Waals surface area contributed by atoms with Crippen LogP contribution in [-0.2, 0) is 38.0 Å². The Morgan fingerprint density at radius 3 is 2.15 bits per heavy atom. The molecular formula is C48H84O14. The molecule has 0 radical (unpaired) electrons. The minimum absolute atomic E-state index is 0.0446. The first-order chi connectivity index (χ1) is 28.8. The fraction of sp³-hybridized carbons (Fsp3) is 0.979. The molecule has 22 atom stereocenters. The van der Waals surface area contributed by atoms with Crippen molar-refractivity contribution < 1.29 is 68.6 Å². The fourth-order valence-electron chi connectivity index (χ4n) is 12.6. The van der Waals surface area contributed by atoms with Crippen LogP contribution in [0.5, 0.6) is 0 Å². The highest BCUT2D eigenvalue weighted by atomic mass is 16.7. The third-order valence-electron chi connectivity index (χ3n) is 17.2. The van der Waals surface area contributed by atoms with Crippen molar-refractivity contribution in [2.24, 2.45) is 41.4 Å². The van der Waals surface area contributed by atoms with E-state index in [1.165, 1.54) is 7.11 Å². The van der Waals surface area contributed by atoms with Gasteiger partial charge in [0.15, 0.2) is 17.4 Å². The van der Waals surface area contributed by atoms with E-state index in [1.807, 2.05) is 62.3 Å². The molecule has 14 nitrogen and oxygen atoms in total. The molecule has 0 aromatic carbocycles. The lowest BCUT2D eigenvalue weighted by atomic mass is 9.76. The summed E-state index contributed by atoms with van der Waals surface area (Å²) in [6, 6.07) is 0. The molecule has 0 aromatic heterocycles. The van der Waals surface area contributed by atoms with E-state index in [1.54, 1.807) is 6.92 Å². The molecule has 6 fully saturated rings. The standard InChI is InChI=1S/C48H84O14/c1-13-38-43(9,52)20-19-39(58-38)44(10)24-30(6)48(55,62-44)45(11)21-18-36(59-45)41(56-12)47(54)29(5)22-27(3)37(61-47)25-46(53)28(4)15-17-35(60-46)31(7)34(49)23-33-16-14-26(2)40(57-33)32(8)42(50)51/h26-41,49,52-55H,13-25H2,1-12H3,(H,50,51)/t26-,27-,28-,29+,30+,31-,32+,33+,34+,35+,36-,37+,38-,39+,40-,41+,43+,44-,45-,46+,47+,48+/m0/s1. The molecule has 0 amide bonds. The third kappa shape index (κ3) is 9.44. The maximum Gasteiger partial charge on any atom is 0.308 e. The molecule has 360 valence electrons. The topological polar surface area (TPSA) is 203 Å². The van der Waals surface area contributed by atoms with Gasteiger partial charge in [-0.25, -0.2) is 0 Å². The van der Waals surface area contributed by atoms with Crippen LogP contribution in [0, 0.1) is 41.4 Å². The monoisotopic (exact) mass is 885 g/mol. The molecule has 6 heterocycles. The van der Waals surface area contributed by atoms with Crippen molar-refractivity contribution in [1.29, 1.82) is 0 Å². The van der Waals surface area contributed by atoms with Crippen molar-refractivity contribution in [3.05, 3.63) is 0 Å². The summed E-state index contributed by atoms with van der Waals surface area (Å²) in [5.41, 5.74) is -2.88. The summed E-state index contributed by atoms with van der Waals surface area (Å²) in [5, 5.41) is 69.5. The van der Waals surface area contributed by atoms with Gasteiger partial charge in [-0.3, -0.25) is 4.79 Å². The maximum absolute atomic E-state index is 12.6. The van der Waals surface area contributed by atoms with E-state index in [-0.39, 0.29) is 60.2 Å². The van der Waals surface area contributed by atoms with Gasteiger partial charge in [0.25, 0.3) is 0 Å². The van der Waals surface area contributed by atoms with Crippen LogP contribution < -0.4 is 0 Å². The van der Waals surface area contributed by atoms with Crippen LogP contribution in [0.2, 0.25) is 0 Å². The normalized spacial score (nSPS) is 51.1. The smallest absolute Gasteiger partial charge is 0.308 e. The Morgan fingerprint density at radius 1 is 0.806 bits per heavy atom. The van der Waals surface area contributed by atoms with E-state index in [9.17, 15) is 35.4 Å². The van der Waals surface area contributed by atoms with Gasteiger partial charge in [0.2, 0.25) is 0 Å². The summed E-state index contributed by atoms with van der Waals surface area (Å²) in [6.45, 7) is 21.2. The molecule has 0 unspecified atom stereocenters. The highest BCUT2D eigenvalue weighted by Gasteiger charge is 2.67. The number of carbonyl (C=O) groups is 1. The molecule has 0 bridgehead atoms. The summed E-state index contributed by atoms with van der Waals surface area (Å²) in [5.74, 6) is -7.78. The Kier molecular flexibility index (Phi) is 15.1. The van der Waals surface area contributed by atoms with Gasteiger partial charge in [0.05, 0.1) is 66.0 Å². The summed E-state index contributed by atoms with van der Waals surface area (Å²) in [7, 11) is 1.54. The zero-order valence-electron chi connectivity index (χ0n) is 39.9. The van der Waals surface area contributed by atoms with E-state index < -0.39 is 82.7 Å². The maximum atomic E-state index is 12.6. The van der Waals surface area contributed by atoms with Crippen molar-refractivity contribution in [3.63, 3.8) is 0 Å². The first-order valence-corrected chi connectivity index (χ1v) is 24.1. The molecule has 0 saturated carbocycles. The highest BCUT2D eigenvalue weighted by molar-refractivity contribution is 5.70. The predicted octanol–water partition coefficient (Wildman–Crippen LogP) is 6.09. The molecule has 0 spiro atoms. The number of hydrogen-bond acceptors (Lipinski definition) is 13. The Bertz CT molecular complexity index is 1530.